The summed E-state index contributed by atoms with van der Waals surface area (Å²) >= 11 is -4.86. The Kier molecular flexibility index (Phi) is 9.37. The number of nitro groups is 2. The monoisotopic (exact) mass is 706 g/mol. The number of hydrogen-bond donors (Lipinski definition) is 0. The molecular weight excluding hydrogens is 687 g/mol. The van der Waals surface area contributed by atoms with Crippen molar-refractivity contribution in [3.8, 4) is 0 Å². The fourth-order valence-corrected chi connectivity index (χ4v) is 8.75. The van der Waals surface area contributed by atoms with E-state index in [1.54, 1.807) is 24.3 Å². The summed E-state index contributed by atoms with van der Waals surface area (Å²) in [7, 11) is 13.0. The van der Waals surface area contributed by atoms with Gasteiger partial charge in [-0.2, -0.15) is 0 Å². The van der Waals surface area contributed by atoms with Crippen molar-refractivity contribution < 1.29 is 19.4 Å². The van der Waals surface area contributed by atoms with Gasteiger partial charge in [-0.3, -0.25) is 0 Å². The minimum absolute atomic E-state index is 0.0476. The van der Waals surface area contributed by atoms with Crippen molar-refractivity contribution in [2.45, 2.75) is 0 Å². The van der Waals surface area contributed by atoms with E-state index >= 15 is 0 Å². The molecule has 0 fully saturated rings. The fraction of sp³-hybridized carbons (Fsp3) is 0. The van der Waals surface area contributed by atoms with Gasteiger partial charge < -0.3 is 0 Å². The van der Waals surface area contributed by atoms with Crippen molar-refractivity contribution in [1.82, 2.24) is 0 Å². The average molecular weight is 705 g/mol. The molecule has 0 bridgehead atoms. The third kappa shape index (κ3) is 7.48. The predicted octanol–water partition coefficient (Wildman–Crippen LogP) is 7.07. The third-order valence-corrected chi connectivity index (χ3v) is 13.3. The molecule has 0 aliphatic heterocycles. The molecule has 0 aliphatic rings. The molecule has 0 heterocycles. The molecule has 0 N–H and O–H groups in total. The van der Waals surface area contributed by atoms with Crippen LogP contribution in [0.2, 0.25) is 0 Å². The number of rotatable bonds is 10. The molecule has 13 heteroatoms. The molecule has 0 radical (unpaired) electrons. The molecule has 4 rings (SSSR count). The van der Waals surface area contributed by atoms with E-state index in [1.165, 1.54) is 85.2 Å². The Morgan fingerprint density at radius 3 is 1.34 bits per heavy atom. The number of benzene rings is 4. The Hall–Kier alpha value is -4.27. The van der Waals surface area contributed by atoms with Gasteiger partial charge in [-0.25, -0.2) is 0 Å². The van der Waals surface area contributed by atoms with E-state index < -0.39 is 33.4 Å². The zero-order chi connectivity index (χ0) is 29.6. The van der Waals surface area contributed by atoms with E-state index in [0.717, 1.165) is 0 Å². The molecule has 0 amide bonds. The van der Waals surface area contributed by atoms with Crippen molar-refractivity contribution in [2.24, 2.45) is 9.98 Å². The van der Waals surface area contributed by atoms with E-state index in [4.69, 9.17) is 17.9 Å². The Morgan fingerprint density at radius 1 is 0.634 bits per heavy atom. The van der Waals surface area contributed by atoms with Gasteiger partial charge in [0.05, 0.1) is 0 Å². The summed E-state index contributed by atoms with van der Waals surface area (Å²) in [5.41, 5.74) is 2.20. The maximum atomic E-state index is 13.3. The number of nitrogens with zero attached hydrogens (tertiary/aromatic N) is 4. The Bertz CT molecular complexity index is 1580. The van der Waals surface area contributed by atoms with Gasteiger partial charge in [0.1, 0.15) is 0 Å². The topological polar surface area (TPSA) is 145 Å². The van der Waals surface area contributed by atoms with Gasteiger partial charge >= 0.3 is 246 Å². The molecule has 0 aromatic heterocycles. The Labute approximate surface area is 244 Å². The van der Waals surface area contributed by atoms with Crippen LogP contribution in [0.5, 0.6) is 0 Å². The molecule has 4 aromatic rings. The van der Waals surface area contributed by atoms with Gasteiger partial charge in [0.25, 0.3) is 0 Å². The van der Waals surface area contributed by atoms with Crippen molar-refractivity contribution in [2.75, 3.05) is 0 Å². The third-order valence-electron chi connectivity index (χ3n) is 5.56. The first-order valence-electron chi connectivity index (χ1n) is 11.6. The summed E-state index contributed by atoms with van der Waals surface area (Å²) in [6.45, 7) is 0. The zero-order valence-electron chi connectivity index (χ0n) is 20.8. The minimum atomic E-state index is -4.86. The molecule has 10 nitrogen and oxygen atoms in total. The molecule has 0 aliphatic carbocycles. The zero-order valence-corrected chi connectivity index (χ0v) is 24.6. The van der Waals surface area contributed by atoms with Crippen LogP contribution in [0.25, 0.3) is 0 Å². The van der Waals surface area contributed by atoms with Gasteiger partial charge in [-0.05, 0) is 0 Å². The first kappa shape index (κ1) is 29.7. The number of carbonyl (C=O) groups is 2. The summed E-state index contributed by atoms with van der Waals surface area (Å²) in [5.74, 6) is 0. The second-order valence-electron chi connectivity index (χ2n) is 8.36. The number of carbonyl (C=O) groups excluding carboxylic acids is 2. The molecule has 41 heavy (non-hydrogen) atoms. The first-order chi connectivity index (χ1) is 19.5. The quantitative estimate of drug-likeness (QED) is 0.0747. The maximum absolute atomic E-state index is 13.3. The van der Waals surface area contributed by atoms with Crippen LogP contribution in [0.4, 0.5) is 22.7 Å². The summed E-state index contributed by atoms with van der Waals surface area (Å²) in [6, 6.07) is 23.9. The van der Waals surface area contributed by atoms with Crippen molar-refractivity contribution in [3.05, 3.63) is 140 Å². The van der Waals surface area contributed by atoms with Crippen molar-refractivity contribution >= 4 is 76.7 Å². The van der Waals surface area contributed by atoms with E-state index in [0.29, 0.717) is 22.5 Å². The molecule has 4 aromatic carbocycles. The van der Waals surface area contributed by atoms with Gasteiger partial charge in [0.15, 0.2) is 0 Å². The first-order valence-corrected chi connectivity index (χ1v) is 19.9. The van der Waals surface area contributed by atoms with Gasteiger partial charge in [0, 0.05) is 0 Å². The summed E-state index contributed by atoms with van der Waals surface area (Å²) < 4.78 is -1.32. The average Bonchev–Trinajstić information content (AvgIpc) is 2.98. The SMILES string of the molecule is O=C(c1cccc(N=Cc2ccc([N+](=O)[O-])cc2)c1)[Te](Cl)(Cl)C(=O)c1cccc(N=Cc2ccc([N+](=O)[O-])cc2)c1. The van der Waals surface area contributed by atoms with Crippen LogP contribution in [-0.4, -0.2) is 45.9 Å². The van der Waals surface area contributed by atoms with Crippen molar-refractivity contribution in [1.29, 1.82) is 0 Å². The number of non-ortho nitro benzene ring substituents is 2. The Morgan fingerprint density at radius 2 is 1.00 bits per heavy atom. The van der Waals surface area contributed by atoms with E-state index in [1.807, 2.05) is 0 Å². The number of halogens is 2. The molecule has 0 saturated heterocycles. The molecule has 0 saturated carbocycles. The van der Waals surface area contributed by atoms with Crippen LogP contribution in [-0.2, 0) is 0 Å². The van der Waals surface area contributed by atoms with Gasteiger partial charge in [-0.1, -0.05) is 0 Å². The van der Waals surface area contributed by atoms with Crippen LogP contribution in [0, 0.1) is 20.2 Å². The Balaban J connectivity index is 1.49. The second-order valence-corrected chi connectivity index (χ2v) is 20.4. The van der Waals surface area contributed by atoms with Crippen LogP contribution >= 0.6 is 17.9 Å². The van der Waals surface area contributed by atoms with Gasteiger partial charge in [-0.15, -0.1) is 0 Å². The number of nitro benzene ring substituents is 2. The second kappa shape index (κ2) is 12.9. The van der Waals surface area contributed by atoms with Crippen LogP contribution in [0.15, 0.2) is 107 Å². The molecular formula is C28H18Cl2N4O6Te. The molecule has 0 spiro atoms. The molecule has 0 atom stereocenters. The van der Waals surface area contributed by atoms with Crippen molar-refractivity contribution in [3.63, 3.8) is 0 Å². The molecule has 206 valence electrons. The molecule has 0 unspecified atom stereocenters. The fourth-order valence-electron chi connectivity index (χ4n) is 3.47. The predicted molar refractivity (Wildman–Crippen MR) is 160 cm³/mol. The van der Waals surface area contributed by atoms with Crippen LogP contribution < -0.4 is 0 Å². The standard InChI is InChI=1S/C28H18Cl2N4O6Te/c29-41(30,27(35)21-3-1-5-23(15-21)31-17-19-7-11-25(12-8-19)33(37)38)28(36)22-4-2-6-24(16-22)32-18-20-9-13-26(14-10-20)34(39)40/h1-18H. The number of hydrogen-bond acceptors (Lipinski definition) is 8. The van der Waals surface area contributed by atoms with E-state index in [-0.39, 0.29) is 22.5 Å². The van der Waals surface area contributed by atoms with Crippen LogP contribution in [0.3, 0.4) is 0 Å². The normalized spacial score (nSPS) is 12.0. The summed E-state index contributed by atoms with van der Waals surface area (Å²) in [6.07, 6.45) is 2.97. The van der Waals surface area contributed by atoms with Gasteiger partial charge in [0.2, 0.25) is 0 Å². The summed E-state index contributed by atoms with van der Waals surface area (Å²) in [4.78, 5) is 55.8. The van der Waals surface area contributed by atoms with E-state index in [2.05, 4.69) is 9.98 Å². The summed E-state index contributed by atoms with van der Waals surface area (Å²) in [5, 5.41) is 21.6. The number of aliphatic imine (C=N–C) groups is 2. The van der Waals surface area contributed by atoms with E-state index in [9.17, 15) is 29.8 Å². The van der Waals surface area contributed by atoms with Crippen LogP contribution in [0.1, 0.15) is 31.8 Å².